The highest BCUT2D eigenvalue weighted by molar-refractivity contribution is 6.00. The van der Waals surface area contributed by atoms with Crippen molar-refractivity contribution in [2.45, 2.75) is 37.8 Å². The third kappa shape index (κ3) is 5.31. The van der Waals surface area contributed by atoms with Gasteiger partial charge in [0.05, 0.1) is 5.39 Å². The number of nitrogens with zero attached hydrogens (tertiary/aromatic N) is 4. The van der Waals surface area contributed by atoms with Crippen molar-refractivity contribution in [3.63, 3.8) is 0 Å². The molecular weight excluding hydrogens is 436 g/mol. The standard InChI is InChI=1S/C28H34N6O/c1-33(2)17-16-30-21-10-12-22(13-11-21)34-18-25(26-27(29)31-19-32-28(26)34)20-8-14-24(15-9-20)35-23-6-4-3-5-7-23/h3-9,14-15,18-19,21-22,30H,10-13,16-17H2,1-2H3,(H2,29,31,32)/t21-,22-. The van der Waals surface area contributed by atoms with E-state index in [4.69, 9.17) is 10.5 Å². The summed E-state index contributed by atoms with van der Waals surface area (Å²) in [6.07, 6.45) is 8.36. The molecule has 7 heteroatoms. The molecule has 0 spiro atoms. The lowest BCUT2D eigenvalue weighted by Crippen LogP contribution is -2.37. The fourth-order valence-corrected chi connectivity index (χ4v) is 4.98. The van der Waals surface area contributed by atoms with E-state index in [-0.39, 0.29) is 0 Å². The Labute approximate surface area is 206 Å². The summed E-state index contributed by atoms with van der Waals surface area (Å²) in [7, 11) is 4.23. The Kier molecular flexibility index (Phi) is 6.97. The summed E-state index contributed by atoms with van der Waals surface area (Å²) < 4.78 is 8.30. The maximum Gasteiger partial charge on any atom is 0.146 e. The maximum absolute atomic E-state index is 6.37. The second-order valence-electron chi connectivity index (χ2n) is 9.61. The van der Waals surface area contributed by atoms with Gasteiger partial charge in [0, 0.05) is 36.9 Å². The first-order valence-corrected chi connectivity index (χ1v) is 12.4. The number of rotatable bonds is 8. The van der Waals surface area contributed by atoms with Crippen molar-refractivity contribution in [2.75, 3.05) is 32.9 Å². The van der Waals surface area contributed by atoms with Gasteiger partial charge in [-0.2, -0.15) is 0 Å². The number of benzene rings is 2. The van der Waals surface area contributed by atoms with Gasteiger partial charge in [0.25, 0.3) is 0 Å². The number of aromatic nitrogens is 3. The molecule has 0 saturated heterocycles. The minimum Gasteiger partial charge on any atom is -0.457 e. The first-order chi connectivity index (χ1) is 17.1. The molecule has 1 fully saturated rings. The summed E-state index contributed by atoms with van der Waals surface area (Å²) in [6, 6.07) is 19.0. The number of nitrogens with two attached hydrogens (primary N) is 1. The molecule has 0 unspecified atom stereocenters. The largest absolute Gasteiger partial charge is 0.457 e. The van der Waals surface area contributed by atoms with Gasteiger partial charge in [-0.15, -0.1) is 0 Å². The Bertz CT molecular complexity index is 1240. The molecule has 0 amide bonds. The lowest BCUT2D eigenvalue weighted by Gasteiger charge is -2.30. The molecular formula is C28H34N6O. The summed E-state index contributed by atoms with van der Waals surface area (Å²) in [5.41, 5.74) is 9.43. The fraction of sp³-hybridized carbons (Fsp3) is 0.357. The van der Waals surface area contributed by atoms with Crippen LogP contribution in [-0.2, 0) is 0 Å². The molecule has 2 aromatic heterocycles. The smallest absolute Gasteiger partial charge is 0.146 e. The Hall–Kier alpha value is -3.42. The number of nitrogen functional groups attached to an aromatic ring is 1. The first-order valence-electron chi connectivity index (χ1n) is 12.4. The molecule has 0 aliphatic heterocycles. The minimum atomic E-state index is 0.410. The van der Waals surface area contributed by atoms with Crippen molar-refractivity contribution in [3.8, 4) is 22.6 Å². The molecule has 7 nitrogen and oxygen atoms in total. The Balaban J connectivity index is 1.36. The summed E-state index contributed by atoms with van der Waals surface area (Å²) in [5.74, 6) is 2.14. The highest BCUT2D eigenvalue weighted by Gasteiger charge is 2.25. The predicted octanol–water partition coefficient (Wildman–Crippen LogP) is 5.11. The van der Waals surface area contributed by atoms with Crippen LogP contribution in [0.4, 0.5) is 5.82 Å². The minimum absolute atomic E-state index is 0.410. The van der Waals surface area contributed by atoms with Crippen molar-refractivity contribution in [1.82, 2.24) is 24.8 Å². The maximum atomic E-state index is 6.37. The number of fused-ring (bicyclic) bond motifs is 1. The third-order valence-electron chi connectivity index (χ3n) is 6.87. The molecule has 0 atom stereocenters. The molecule has 1 aliphatic carbocycles. The molecule has 5 rings (SSSR count). The monoisotopic (exact) mass is 470 g/mol. The number of anilines is 1. The number of nitrogens with one attached hydrogen (secondary N) is 1. The predicted molar refractivity (Wildman–Crippen MR) is 142 cm³/mol. The van der Waals surface area contributed by atoms with Gasteiger partial charge in [0.2, 0.25) is 0 Å². The van der Waals surface area contributed by atoms with Crippen molar-refractivity contribution in [1.29, 1.82) is 0 Å². The van der Waals surface area contributed by atoms with Crippen LogP contribution < -0.4 is 15.8 Å². The molecule has 2 heterocycles. The lowest BCUT2D eigenvalue weighted by molar-refractivity contribution is 0.285. The Morgan fingerprint density at radius 2 is 1.69 bits per heavy atom. The Morgan fingerprint density at radius 1 is 0.971 bits per heavy atom. The van der Waals surface area contributed by atoms with E-state index in [2.05, 4.69) is 57.2 Å². The zero-order valence-corrected chi connectivity index (χ0v) is 20.5. The zero-order chi connectivity index (χ0) is 24.2. The van der Waals surface area contributed by atoms with Crippen molar-refractivity contribution in [3.05, 3.63) is 67.1 Å². The van der Waals surface area contributed by atoms with E-state index in [9.17, 15) is 0 Å². The molecule has 1 aliphatic rings. The number of ether oxygens (including phenoxy) is 1. The van der Waals surface area contributed by atoms with Gasteiger partial charge in [-0.3, -0.25) is 0 Å². The molecule has 182 valence electrons. The van der Waals surface area contributed by atoms with Gasteiger partial charge in [-0.1, -0.05) is 30.3 Å². The van der Waals surface area contributed by atoms with Crippen LogP contribution in [0.25, 0.3) is 22.2 Å². The average Bonchev–Trinajstić information content (AvgIpc) is 3.26. The summed E-state index contributed by atoms with van der Waals surface area (Å²) in [4.78, 5) is 11.2. The van der Waals surface area contributed by atoms with Crippen LogP contribution in [0.15, 0.2) is 67.1 Å². The SMILES string of the molecule is CN(C)CCN[C@H]1CC[C@H](n2cc(-c3ccc(Oc4ccccc4)cc3)c3c(N)ncnc32)CC1. The van der Waals surface area contributed by atoms with E-state index in [0.717, 1.165) is 59.6 Å². The van der Waals surface area contributed by atoms with Crippen LogP contribution in [-0.4, -0.2) is 52.7 Å². The quantitative estimate of drug-likeness (QED) is 0.373. The Morgan fingerprint density at radius 3 is 2.40 bits per heavy atom. The highest BCUT2D eigenvalue weighted by Crippen LogP contribution is 2.38. The van der Waals surface area contributed by atoms with E-state index in [1.165, 1.54) is 12.8 Å². The van der Waals surface area contributed by atoms with Gasteiger partial charge >= 0.3 is 0 Å². The topological polar surface area (TPSA) is 81.2 Å². The van der Waals surface area contributed by atoms with Gasteiger partial charge in [-0.05, 0) is 69.6 Å². The molecule has 1 saturated carbocycles. The fourth-order valence-electron chi connectivity index (χ4n) is 4.98. The molecule has 2 aromatic carbocycles. The first kappa shape index (κ1) is 23.3. The molecule has 0 radical (unpaired) electrons. The number of para-hydroxylation sites is 1. The molecule has 4 aromatic rings. The van der Waals surface area contributed by atoms with Crippen LogP contribution in [0, 0.1) is 0 Å². The lowest BCUT2D eigenvalue weighted by atomic mass is 9.91. The van der Waals surface area contributed by atoms with Crippen molar-refractivity contribution >= 4 is 16.9 Å². The number of hydrogen-bond acceptors (Lipinski definition) is 6. The van der Waals surface area contributed by atoms with Gasteiger partial charge in [0.1, 0.15) is 29.3 Å². The normalized spacial score (nSPS) is 18.3. The van der Waals surface area contributed by atoms with Gasteiger partial charge in [0.15, 0.2) is 0 Å². The molecule has 0 bridgehead atoms. The third-order valence-corrected chi connectivity index (χ3v) is 6.87. The second-order valence-corrected chi connectivity index (χ2v) is 9.61. The summed E-state index contributed by atoms with van der Waals surface area (Å²) in [6.45, 7) is 2.10. The van der Waals surface area contributed by atoms with E-state index in [1.807, 2.05) is 42.5 Å². The average molecular weight is 471 g/mol. The van der Waals surface area contributed by atoms with E-state index < -0.39 is 0 Å². The van der Waals surface area contributed by atoms with Crippen LogP contribution in [0.5, 0.6) is 11.5 Å². The van der Waals surface area contributed by atoms with Crippen LogP contribution in [0.1, 0.15) is 31.7 Å². The van der Waals surface area contributed by atoms with Crippen LogP contribution in [0.2, 0.25) is 0 Å². The van der Waals surface area contributed by atoms with Gasteiger partial charge < -0.3 is 25.3 Å². The number of hydrogen-bond donors (Lipinski definition) is 2. The van der Waals surface area contributed by atoms with Crippen molar-refractivity contribution in [2.24, 2.45) is 0 Å². The van der Waals surface area contributed by atoms with Gasteiger partial charge in [-0.25, -0.2) is 9.97 Å². The highest BCUT2D eigenvalue weighted by atomic mass is 16.5. The van der Waals surface area contributed by atoms with E-state index in [0.29, 0.717) is 17.9 Å². The van der Waals surface area contributed by atoms with E-state index in [1.54, 1.807) is 6.33 Å². The molecule has 3 N–H and O–H groups in total. The van der Waals surface area contributed by atoms with Crippen LogP contribution >= 0.6 is 0 Å². The van der Waals surface area contributed by atoms with E-state index >= 15 is 0 Å². The summed E-state index contributed by atoms with van der Waals surface area (Å²) in [5, 5.41) is 4.64. The van der Waals surface area contributed by atoms with Crippen LogP contribution in [0.3, 0.4) is 0 Å². The molecule has 35 heavy (non-hydrogen) atoms. The summed E-state index contributed by atoms with van der Waals surface area (Å²) >= 11 is 0. The van der Waals surface area contributed by atoms with Crippen molar-refractivity contribution < 1.29 is 4.74 Å². The number of likely N-dealkylation sites (N-methyl/N-ethyl adjacent to an activating group) is 1. The zero-order valence-electron chi connectivity index (χ0n) is 20.5. The second kappa shape index (κ2) is 10.5.